The number of hydrogen-bond acceptors (Lipinski definition) is 3. The van der Waals surface area contributed by atoms with Gasteiger partial charge in [0.1, 0.15) is 11.3 Å². The van der Waals surface area contributed by atoms with Crippen LogP contribution in [0.1, 0.15) is 18.1 Å². The van der Waals surface area contributed by atoms with Gasteiger partial charge in [-0.1, -0.05) is 35.9 Å². The number of rotatable bonds is 5. The van der Waals surface area contributed by atoms with Crippen LogP contribution in [0.25, 0.3) is 0 Å². The predicted octanol–water partition coefficient (Wildman–Crippen LogP) is 3.22. The fourth-order valence-electron chi connectivity index (χ4n) is 3.02. The molecule has 1 fully saturated rings. The smallest absolute Gasteiger partial charge is 0.255 e. The van der Waals surface area contributed by atoms with Gasteiger partial charge in [-0.2, -0.15) is 0 Å². The third-order valence-corrected chi connectivity index (χ3v) is 4.58. The molecule has 6 heteroatoms. The molecule has 130 valence electrons. The van der Waals surface area contributed by atoms with E-state index in [9.17, 15) is 4.79 Å². The number of carbonyl (C=O) groups excluding carboxylic acids is 1. The van der Waals surface area contributed by atoms with E-state index in [4.69, 9.17) is 21.7 Å². The Morgan fingerprint density at radius 1 is 1.20 bits per heavy atom. The third-order valence-electron chi connectivity index (χ3n) is 4.33. The number of guanidine groups is 1. The molecule has 2 aromatic carbocycles. The molecule has 5 nitrogen and oxygen atoms in total. The highest BCUT2D eigenvalue weighted by atomic mass is 35.5. The van der Waals surface area contributed by atoms with E-state index < -0.39 is 5.54 Å². The fraction of sp³-hybridized carbons (Fsp3) is 0.263. The molecule has 2 N–H and O–H groups in total. The van der Waals surface area contributed by atoms with E-state index in [1.807, 2.05) is 43.3 Å². The van der Waals surface area contributed by atoms with Gasteiger partial charge >= 0.3 is 0 Å². The minimum absolute atomic E-state index is 0.115. The Kier molecular flexibility index (Phi) is 4.68. The van der Waals surface area contributed by atoms with Crippen LogP contribution in [-0.2, 0) is 17.8 Å². The first-order valence-electron chi connectivity index (χ1n) is 7.97. The van der Waals surface area contributed by atoms with E-state index >= 15 is 0 Å². The molecule has 1 saturated heterocycles. The second-order valence-corrected chi connectivity index (χ2v) is 6.79. The zero-order chi connectivity index (χ0) is 18.0. The predicted molar refractivity (Wildman–Crippen MR) is 98.0 cm³/mol. The molecule has 1 unspecified atom stereocenters. The highest BCUT2D eigenvalue weighted by Crippen LogP contribution is 2.25. The van der Waals surface area contributed by atoms with Gasteiger partial charge in [0, 0.05) is 11.4 Å². The number of nitrogens with one attached hydrogen (secondary N) is 2. The molecule has 1 heterocycles. The third kappa shape index (κ3) is 3.61. The lowest BCUT2D eigenvalue weighted by molar-refractivity contribution is -0.130. The summed E-state index contributed by atoms with van der Waals surface area (Å²) in [6.07, 6.45) is 0.475. The molecule has 1 aliphatic heterocycles. The van der Waals surface area contributed by atoms with Crippen molar-refractivity contribution in [1.82, 2.24) is 10.2 Å². The van der Waals surface area contributed by atoms with Gasteiger partial charge < -0.3 is 10.1 Å². The second-order valence-electron chi connectivity index (χ2n) is 6.35. The Hall–Kier alpha value is -2.53. The van der Waals surface area contributed by atoms with Gasteiger partial charge in [-0.05, 0) is 42.3 Å². The van der Waals surface area contributed by atoms with Crippen molar-refractivity contribution in [3.63, 3.8) is 0 Å². The minimum Gasteiger partial charge on any atom is -0.497 e. The minimum atomic E-state index is -0.851. The highest BCUT2D eigenvalue weighted by molar-refractivity contribution is 6.30. The van der Waals surface area contributed by atoms with Gasteiger partial charge in [-0.15, -0.1) is 0 Å². The molecular formula is C19H20ClN3O2. The summed E-state index contributed by atoms with van der Waals surface area (Å²) in [5.74, 6) is 0.750. The van der Waals surface area contributed by atoms with Crippen molar-refractivity contribution < 1.29 is 9.53 Å². The van der Waals surface area contributed by atoms with E-state index in [2.05, 4.69) is 5.32 Å². The molecule has 0 aliphatic carbocycles. The maximum atomic E-state index is 12.9. The van der Waals surface area contributed by atoms with Gasteiger partial charge in [-0.3, -0.25) is 15.1 Å². The Balaban J connectivity index is 1.78. The molecule has 3 rings (SSSR count). The lowest BCUT2D eigenvalue weighted by Gasteiger charge is -2.22. The molecule has 0 radical (unpaired) electrons. The summed E-state index contributed by atoms with van der Waals surface area (Å²) in [7, 11) is 1.61. The summed E-state index contributed by atoms with van der Waals surface area (Å²) < 4.78 is 5.24. The van der Waals surface area contributed by atoms with Crippen molar-refractivity contribution in [3.8, 4) is 5.75 Å². The number of amides is 1. The molecule has 1 aliphatic rings. The van der Waals surface area contributed by atoms with Gasteiger partial charge in [0.25, 0.3) is 5.91 Å². The number of methoxy groups -OCH3 is 1. The maximum Gasteiger partial charge on any atom is 0.255 e. The molecule has 2 aromatic rings. The summed E-state index contributed by atoms with van der Waals surface area (Å²) in [5.41, 5.74) is 1.05. The summed E-state index contributed by atoms with van der Waals surface area (Å²) in [4.78, 5) is 14.4. The lowest BCUT2D eigenvalue weighted by atomic mass is 9.92. The number of nitrogens with zero attached hydrogens (tertiary/aromatic N) is 1. The topological polar surface area (TPSA) is 65.4 Å². The number of carbonyl (C=O) groups is 1. The van der Waals surface area contributed by atoms with Crippen LogP contribution >= 0.6 is 11.6 Å². The number of hydrogen-bond donors (Lipinski definition) is 2. The molecule has 0 aromatic heterocycles. The number of ether oxygens (including phenoxy) is 1. The number of halogens is 1. The van der Waals surface area contributed by atoms with Gasteiger partial charge in [-0.25, -0.2) is 0 Å². The SMILES string of the molecule is COc1cccc(CC2(C)NC(=N)N(Cc3ccc(Cl)cc3)C2=O)c1. The van der Waals surface area contributed by atoms with Crippen molar-refractivity contribution >= 4 is 23.5 Å². The molecule has 0 bridgehead atoms. The quantitative estimate of drug-likeness (QED) is 0.863. The van der Waals surface area contributed by atoms with E-state index in [1.165, 1.54) is 4.90 Å². The first-order chi connectivity index (χ1) is 11.9. The standard InChI is InChI=1S/C19H20ClN3O2/c1-19(11-14-4-3-5-16(10-14)25-2)17(24)23(18(21)22-19)12-13-6-8-15(20)9-7-13/h3-10H,11-12H2,1-2H3,(H2,21,22). The normalized spacial score (nSPS) is 19.9. The number of benzene rings is 2. The van der Waals surface area contributed by atoms with Crippen LogP contribution in [-0.4, -0.2) is 29.4 Å². The van der Waals surface area contributed by atoms with Gasteiger partial charge in [0.2, 0.25) is 0 Å². The molecule has 0 saturated carbocycles. The summed E-state index contributed by atoms with van der Waals surface area (Å²) in [6.45, 7) is 2.17. The van der Waals surface area contributed by atoms with Crippen LogP contribution in [0.4, 0.5) is 0 Å². The Bertz CT molecular complexity index is 807. The van der Waals surface area contributed by atoms with Crippen LogP contribution in [0.15, 0.2) is 48.5 Å². The van der Waals surface area contributed by atoms with E-state index in [1.54, 1.807) is 19.2 Å². The van der Waals surface area contributed by atoms with Crippen molar-refractivity contribution in [2.45, 2.75) is 25.4 Å². The van der Waals surface area contributed by atoms with Gasteiger partial charge in [0.05, 0.1) is 13.7 Å². The van der Waals surface area contributed by atoms with E-state index in [0.717, 1.165) is 16.9 Å². The van der Waals surface area contributed by atoms with Crippen LogP contribution in [0.2, 0.25) is 5.02 Å². The zero-order valence-corrected chi connectivity index (χ0v) is 14.9. The van der Waals surface area contributed by atoms with Crippen molar-refractivity contribution in [2.24, 2.45) is 0 Å². The van der Waals surface area contributed by atoms with E-state index in [-0.39, 0.29) is 11.9 Å². The first kappa shape index (κ1) is 17.3. The Labute approximate surface area is 152 Å². The summed E-state index contributed by atoms with van der Waals surface area (Å²) in [6, 6.07) is 14.9. The first-order valence-corrected chi connectivity index (χ1v) is 8.35. The van der Waals surface area contributed by atoms with Crippen molar-refractivity contribution in [2.75, 3.05) is 7.11 Å². The van der Waals surface area contributed by atoms with Crippen LogP contribution in [0.3, 0.4) is 0 Å². The average molecular weight is 358 g/mol. The Morgan fingerprint density at radius 2 is 1.92 bits per heavy atom. The lowest BCUT2D eigenvalue weighted by Crippen LogP contribution is -2.46. The summed E-state index contributed by atoms with van der Waals surface area (Å²) >= 11 is 5.90. The van der Waals surface area contributed by atoms with Crippen LogP contribution in [0, 0.1) is 5.41 Å². The highest BCUT2D eigenvalue weighted by Gasteiger charge is 2.45. The monoisotopic (exact) mass is 357 g/mol. The maximum absolute atomic E-state index is 12.9. The Morgan fingerprint density at radius 3 is 2.60 bits per heavy atom. The molecule has 0 spiro atoms. The summed E-state index contributed by atoms with van der Waals surface area (Å²) in [5, 5.41) is 11.9. The van der Waals surface area contributed by atoms with Crippen LogP contribution in [0.5, 0.6) is 5.75 Å². The fourth-order valence-corrected chi connectivity index (χ4v) is 3.14. The second kappa shape index (κ2) is 6.76. The van der Waals surface area contributed by atoms with E-state index in [0.29, 0.717) is 18.0 Å². The molecule has 1 atom stereocenters. The van der Waals surface area contributed by atoms with Crippen molar-refractivity contribution in [3.05, 3.63) is 64.7 Å². The molecular weight excluding hydrogens is 338 g/mol. The zero-order valence-electron chi connectivity index (χ0n) is 14.2. The average Bonchev–Trinajstić information content (AvgIpc) is 2.80. The molecule has 25 heavy (non-hydrogen) atoms. The van der Waals surface area contributed by atoms with Crippen LogP contribution < -0.4 is 10.1 Å². The van der Waals surface area contributed by atoms with Gasteiger partial charge in [0.15, 0.2) is 5.96 Å². The molecule has 1 amide bonds. The van der Waals surface area contributed by atoms with Crippen molar-refractivity contribution in [1.29, 1.82) is 5.41 Å². The largest absolute Gasteiger partial charge is 0.497 e.